The fraction of sp³-hybridized carbons (Fsp3) is 0.438. The molecule has 1 amide bonds. The van der Waals surface area contributed by atoms with Gasteiger partial charge in [-0.05, 0) is 37.8 Å². The van der Waals surface area contributed by atoms with Gasteiger partial charge in [0.15, 0.2) is 0 Å². The highest BCUT2D eigenvalue weighted by Gasteiger charge is 2.21. The number of rotatable bonds is 3. The first kappa shape index (κ1) is 14.3. The molecule has 0 radical (unpaired) electrons. The van der Waals surface area contributed by atoms with Gasteiger partial charge in [-0.15, -0.1) is 0 Å². The minimum absolute atomic E-state index is 0.156. The Morgan fingerprint density at radius 3 is 3.10 bits per heavy atom. The summed E-state index contributed by atoms with van der Waals surface area (Å²) in [4.78, 5) is 13.8. The highest BCUT2D eigenvalue weighted by molar-refractivity contribution is 5.93. The van der Waals surface area contributed by atoms with Crippen LogP contribution >= 0.6 is 0 Å². The molecule has 1 N–H and O–H groups in total. The SMILES string of the molecule is CC#CC(=O)N[C@H]1CCCN(c2cccc(OC)c2)C1. The molecule has 1 atom stereocenters. The van der Waals surface area contributed by atoms with Crippen LogP contribution in [-0.4, -0.2) is 32.1 Å². The molecule has 1 heterocycles. The maximum atomic E-state index is 11.5. The van der Waals surface area contributed by atoms with Gasteiger partial charge in [0, 0.05) is 30.9 Å². The van der Waals surface area contributed by atoms with Crippen molar-refractivity contribution in [1.29, 1.82) is 0 Å². The quantitative estimate of drug-likeness (QED) is 0.853. The van der Waals surface area contributed by atoms with E-state index in [4.69, 9.17) is 4.74 Å². The van der Waals surface area contributed by atoms with Crippen LogP contribution in [0.4, 0.5) is 5.69 Å². The van der Waals surface area contributed by atoms with Crippen molar-refractivity contribution in [3.63, 3.8) is 0 Å². The third-order valence-electron chi connectivity index (χ3n) is 3.41. The van der Waals surface area contributed by atoms with Gasteiger partial charge in [0.25, 0.3) is 5.91 Å². The van der Waals surface area contributed by atoms with Gasteiger partial charge in [-0.25, -0.2) is 0 Å². The number of anilines is 1. The zero-order valence-electron chi connectivity index (χ0n) is 12.0. The highest BCUT2D eigenvalue weighted by atomic mass is 16.5. The molecule has 0 spiro atoms. The summed E-state index contributed by atoms with van der Waals surface area (Å²) in [6, 6.07) is 8.17. The Labute approximate surface area is 120 Å². The Hall–Kier alpha value is -2.15. The molecule has 1 aromatic rings. The van der Waals surface area contributed by atoms with Gasteiger partial charge in [0.05, 0.1) is 7.11 Å². The van der Waals surface area contributed by atoms with E-state index in [9.17, 15) is 4.79 Å². The molecule has 1 aromatic carbocycles. The van der Waals surface area contributed by atoms with Gasteiger partial charge in [-0.3, -0.25) is 4.79 Å². The van der Waals surface area contributed by atoms with Gasteiger partial charge in [-0.1, -0.05) is 12.0 Å². The maximum Gasteiger partial charge on any atom is 0.296 e. The van der Waals surface area contributed by atoms with Crippen molar-refractivity contribution in [2.75, 3.05) is 25.1 Å². The molecule has 0 saturated carbocycles. The van der Waals surface area contributed by atoms with Crippen LogP contribution in [0.1, 0.15) is 19.8 Å². The van der Waals surface area contributed by atoms with Crippen molar-refractivity contribution in [2.24, 2.45) is 0 Å². The van der Waals surface area contributed by atoms with Gasteiger partial charge in [-0.2, -0.15) is 0 Å². The van der Waals surface area contributed by atoms with Gasteiger partial charge >= 0.3 is 0 Å². The summed E-state index contributed by atoms with van der Waals surface area (Å²) in [5, 5.41) is 2.96. The second-order valence-corrected chi connectivity index (χ2v) is 4.84. The molecular weight excluding hydrogens is 252 g/mol. The minimum Gasteiger partial charge on any atom is -0.497 e. The van der Waals surface area contributed by atoms with E-state index in [1.807, 2.05) is 18.2 Å². The van der Waals surface area contributed by atoms with Gasteiger partial charge in [0.2, 0.25) is 0 Å². The highest BCUT2D eigenvalue weighted by Crippen LogP contribution is 2.24. The van der Waals surface area contributed by atoms with E-state index in [-0.39, 0.29) is 11.9 Å². The summed E-state index contributed by atoms with van der Waals surface area (Å²) in [6.45, 7) is 3.48. The Morgan fingerprint density at radius 1 is 1.50 bits per heavy atom. The zero-order valence-corrected chi connectivity index (χ0v) is 12.0. The summed E-state index contributed by atoms with van der Waals surface area (Å²) in [6.07, 6.45) is 2.05. The number of carbonyl (C=O) groups excluding carboxylic acids is 1. The molecule has 1 aliphatic rings. The molecule has 1 fully saturated rings. The first-order chi connectivity index (χ1) is 9.72. The number of nitrogens with zero attached hydrogens (tertiary/aromatic N) is 1. The normalized spacial score (nSPS) is 17.9. The van der Waals surface area contributed by atoms with E-state index in [0.717, 1.165) is 37.4 Å². The molecule has 0 unspecified atom stereocenters. The molecule has 0 bridgehead atoms. The number of hydrogen-bond acceptors (Lipinski definition) is 3. The average molecular weight is 272 g/mol. The largest absolute Gasteiger partial charge is 0.497 e. The fourth-order valence-corrected chi connectivity index (χ4v) is 2.47. The van der Waals surface area contributed by atoms with Crippen molar-refractivity contribution in [3.8, 4) is 17.6 Å². The molecule has 4 heteroatoms. The number of ether oxygens (including phenoxy) is 1. The van der Waals surface area contributed by atoms with E-state index in [1.165, 1.54) is 0 Å². The van der Waals surface area contributed by atoms with Crippen molar-refractivity contribution >= 4 is 11.6 Å². The molecule has 0 aliphatic carbocycles. The number of amides is 1. The first-order valence-corrected chi connectivity index (χ1v) is 6.85. The minimum atomic E-state index is -0.190. The number of carbonyl (C=O) groups is 1. The van der Waals surface area contributed by atoms with Crippen LogP contribution in [0, 0.1) is 11.8 Å². The number of benzene rings is 1. The van der Waals surface area contributed by atoms with Crippen LogP contribution in [0.25, 0.3) is 0 Å². The summed E-state index contributed by atoms with van der Waals surface area (Å²) in [7, 11) is 1.67. The van der Waals surface area contributed by atoms with Crippen molar-refractivity contribution in [2.45, 2.75) is 25.8 Å². The number of hydrogen-bond donors (Lipinski definition) is 1. The van der Waals surface area contributed by atoms with Crippen LogP contribution in [-0.2, 0) is 4.79 Å². The third-order valence-corrected chi connectivity index (χ3v) is 3.41. The van der Waals surface area contributed by atoms with E-state index < -0.39 is 0 Å². The van der Waals surface area contributed by atoms with Crippen molar-refractivity contribution in [3.05, 3.63) is 24.3 Å². The van der Waals surface area contributed by atoms with Gasteiger partial charge in [0.1, 0.15) is 5.75 Å². The summed E-state index contributed by atoms with van der Waals surface area (Å²) in [5.41, 5.74) is 1.13. The molecular formula is C16H20N2O2. The van der Waals surface area contributed by atoms with Crippen molar-refractivity contribution < 1.29 is 9.53 Å². The van der Waals surface area contributed by atoms with Crippen LogP contribution in [0.2, 0.25) is 0 Å². The fourth-order valence-electron chi connectivity index (χ4n) is 2.47. The van der Waals surface area contributed by atoms with Crippen LogP contribution in [0.3, 0.4) is 0 Å². The maximum absolute atomic E-state index is 11.5. The smallest absolute Gasteiger partial charge is 0.296 e. The third kappa shape index (κ3) is 3.67. The lowest BCUT2D eigenvalue weighted by Crippen LogP contribution is -2.47. The van der Waals surface area contributed by atoms with E-state index in [1.54, 1.807) is 14.0 Å². The molecule has 106 valence electrons. The van der Waals surface area contributed by atoms with E-state index >= 15 is 0 Å². The predicted octanol–water partition coefficient (Wildman–Crippen LogP) is 1.80. The van der Waals surface area contributed by atoms with Crippen LogP contribution in [0.15, 0.2) is 24.3 Å². The first-order valence-electron chi connectivity index (χ1n) is 6.85. The summed E-state index contributed by atoms with van der Waals surface area (Å²) >= 11 is 0. The van der Waals surface area contributed by atoms with E-state index in [2.05, 4.69) is 28.1 Å². The van der Waals surface area contributed by atoms with Crippen LogP contribution in [0.5, 0.6) is 5.75 Å². The van der Waals surface area contributed by atoms with E-state index in [0.29, 0.717) is 0 Å². The lowest BCUT2D eigenvalue weighted by molar-refractivity contribution is -0.116. The predicted molar refractivity (Wildman–Crippen MR) is 79.8 cm³/mol. The summed E-state index contributed by atoms with van der Waals surface area (Å²) in [5.74, 6) is 5.81. The zero-order chi connectivity index (χ0) is 14.4. The Bertz CT molecular complexity index is 531. The second kappa shape index (κ2) is 6.85. The molecule has 1 saturated heterocycles. The van der Waals surface area contributed by atoms with Crippen molar-refractivity contribution in [1.82, 2.24) is 5.32 Å². The monoisotopic (exact) mass is 272 g/mol. The second-order valence-electron chi connectivity index (χ2n) is 4.84. The topological polar surface area (TPSA) is 41.6 Å². The number of piperidine rings is 1. The molecule has 1 aliphatic heterocycles. The summed E-state index contributed by atoms with van der Waals surface area (Å²) < 4.78 is 5.25. The number of methoxy groups -OCH3 is 1. The molecule has 20 heavy (non-hydrogen) atoms. The molecule has 4 nitrogen and oxygen atoms in total. The standard InChI is InChI=1S/C16H20N2O2/c1-3-6-16(19)17-13-7-5-10-18(12-13)14-8-4-9-15(11-14)20-2/h4,8-9,11,13H,5,7,10,12H2,1-2H3,(H,17,19)/t13-/m0/s1. The van der Waals surface area contributed by atoms with Gasteiger partial charge < -0.3 is 15.0 Å². The molecule has 0 aromatic heterocycles. The Morgan fingerprint density at radius 2 is 2.35 bits per heavy atom. The number of nitrogens with one attached hydrogen (secondary N) is 1. The Kier molecular flexibility index (Phi) is 4.89. The lowest BCUT2D eigenvalue weighted by Gasteiger charge is -2.34. The molecule has 2 rings (SSSR count). The average Bonchev–Trinajstić information content (AvgIpc) is 2.48. The van der Waals surface area contributed by atoms with Crippen LogP contribution < -0.4 is 15.0 Å². The Balaban J connectivity index is 2.01. The lowest BCUT2D eigenvalue weighted by atomic mass is 10.0.